The number of pyridine rings is 1. The minimum atomic E-state index is -0.323. The topological polar surface area (TPSA) is 62.8 Å². The molecule has 0 aliphatic carbocycles. The van der Waals surface area contributed by atoms with E-state index in [1.807, 2.05) is 54.9 Å². The molecule has 0 saturated carbocycles. The molecule has 1 unspecified atom stereocenters. The maximum absolute atomic E-state index is 6.40. The molecular formula is C40H26N4O. The molecule has 1 atom stereocenters. The van der Waals surface area contributed by atoms with Crippen molar-refractivity contribution in [2.75, 3.05) is 0 Å². The number of furan rings is 1. The zero-order valence-corrected chi connectivity index (χ0v) is 24.2. The predicted molar refractivity (Wildman–Crippen MR) is 184 cm³/mol. The molecule has 2 aromatic heterocycles. The third-order valence-corrected chi connectivity index (χ3v) is 8.62. The summed E-state index contributed by atoms with van der Waals surface area (Å²) in [6.45, 7) is 0. The third-order valence-electron chi connectivity index (χ3n) is 8.62. The molecular weight excluding hydrogens is 552 g/mol. The fourth-order valence-corrected chi connectivity index (χ4v) is 6.51. The Labute approximate surface area is 259 Å². The Morgan fingerprint density at radius 2 is 1.33 bits per heavy atom. The average Bonchev–Trinajstić information content (AvgIpc) is 3.48. The highest BCUT2D eigenvalue weighted by Crippen LogP contribution is 2.41. The number of rotatable bonds is 4. The summed E-state index contributed by atoms with van der Waals surface area (Å²) in [5, 5.41) is 10.3. The van der Waals surface area contributed by atoms with Crippen molar-refractivity contribution in [3.63, 3.8) is 0 Å². The summed E-state index contributed by atoms with van der Waals surface area (Å²) in [5.41, 5.74) is 7.12. The van der Waals surface area contributed by atoms with Gasteiger partial charge in [-0.05, 0) is 51.6 Å². The molecule has 8 aromatic rings. The minimum Gasteiger partial charge on any atom is -0.456 e. The van der Waals surface area contributed by atoms with E-state index in [0.29, 0.717) is 5.84 Å². The van der Waals surface area contributed by atoms with Crippen molar-refractivity contribution in [3.8, 4) is 11.1 Å². The first kappa shape index (κ1) is 25.4. The number of benzene rings is 6. The summed E-state index contributed by atoms with van der Waals surface area (Å²) in [6, 6.07) is 46.1. The molecule has 5 nitrogen and oxygen atoms in total. The number of amidine groups is 2. The minimum absolute atomic E-state index is 0.323. The molecule has 0 radical (unpaired) electrons. The Hall–Kier alpha value is -6.07. The van der Waals surface area contributed by atoms with Gasteiger partial charge in [0.2, 0.25) is 0 Å². The average molecular weight is 579 g/mol. The van der Waals surface area contributed by atoms with Gasteiger partial charge in [-0.1, -0.05) is 109 Å². The Kier molecular flexibility index (Phi) is 5.81. The van der Waals surface area contributed by atoms with Crippen LogP contribution in [0.4, 0.5) is 0 Å². The van der Waals surface area contributed by atoms with Crippen molar-refractivity contribution in [2.45, 2.75) is 6.17 Å². The van der Waals surface area contributed by atoms with Crippen LogP contribution in [0.3, 0.4) is 0 Å². The van der Waals surface area contributed by atoms with Gasteiger partial charge in [0, 0.05) is 45.2 Å². The first-order valence-corrected chi connectivity index (χ1v) is 15.0. The number of hydrogen-bond acceptors (Lipinski definition) is 5. The zero-order valence-electron chi connectivity index (χ0n) is 24.2. The fourth-order valence-electron chi connectivity index (χ4n) is 6.51. The number of nitrogens with zero attached hydrogens (tertiary/aromatic N) is 3. The predicted octanol–water partition coefficient (Wildman–Crippen LogP) is 9.45. The molecule has 1 aliphatic heterocycles. The summed E-state index contributed by atoms with van der Waals surface area (Å²) in [4.78, 5) is 14.5. The van der Waals surface area contributed by atoms with E-state index >= 15 is 0 Å². The SMILES string of the molecule is c1ccc(C2=NC(c3cccc4c(-c5cccc6oc7cc8ccncc8cc7c56)cccc34)NC(c3ccccc3)=N2)cc1. The van der Waals surface area contributed by atoms with Gasteiger partial charge in [0.25, 0.3) is 0 Å². The largest absolute Gasteiger partial charge is 0.456 e. The van der Waals surface area contributed by atoms with Crippen molar-refractivity contribution < 1.29 is 4.42 Å². The normalized spacial score (nSPS) is 14.9. The van der Waals surface area contributed by atoms with Crippen LogP contribution in [0.15, 0.2) is 160 Å². The van der Waals surface area contributed by atoms with Gasteiger partial charge in [0.15, 0.2) is 5.84 Å². The van der Waals surface area contributed by atoms with E-state index in [0.717, 1.165) is 77.1 Å². The van der Waals surface area contributed by atoms with E-state index in [-0.39, 0.29) is 6.17 Å². The van der Waals surface area contributed by atoms with Crippen molar-refractivity contribution in [1.29, 1.82) is 0 Å². The monoisotopic (exact) mass is 578 g/mol. The fraction of sp³-hybridized carbons (Fsp3) is 0.0250. The molecule has 6 aromatic carbocycles. The second kappa shape index (κ2) is 10.3. The molecule has 0 bridgehead atoms. The van der Waals surface area contributed by atoms with Crippen molar-refractivity contribution in [2.24, 2.45) is 9.98 Å². The van der Waals surface area contributed by atoms with Gasteiger partial charge in [-0.3, -0.25) is 4.98 Å². The van der Waals surface area contributed by atoms with Gasteiger partial charge in [0.1, 0.15) is 23.2 Å². The van der Waals surface area contributed by atoms with Gasteiger partial charge < -0.3 is 9.73 Å². The number of aromatic nitrogens is 1. The molecule has 3 heterocycles. The first-order chi connectivity index (χ1) is 22.3. The summed E-state index contributed by atoms with van der Waals surface area (Å²) >= 11 is 0. The van der Waals surface area contributed by atoms with Crippen molar-refractivity contribution in [3.05, 3.63) is 163 Å². The van der Waals surface area contributed by atoms with Crippen LogP contribution in [0.2, 0.25) is 0 Å². The van der Waals surface area contributed by atoms with E-state index in [1.54, 1.807) is 0 Å². The highest BCUT2D eigenvalue weighted by molar-refractivity contribution is 6.18. The van der Waals surface area contributed by atoms with Gasteiger partial charge in [-0.2, -0.15) is 0 Å². The van der Waals surface area contributed by atoms with Crippen molar-refractivity contribution in [1.82, 2.24) is 10.3 Å². The van der Waals surface area contributed by atoms with Gasteiger partial charge in [-0.15, -0.1) is 0 Å². The second-order valence-corrected chi connectivity index (χ2v) is 11.3. The van der Waals surface area contributed by atoms with E-state index in [1.165, 1.54) is 0 Å². The van der Waals surface area contributed by atoms with Crippen LogP contribution in [0.25, 0.3) is 54.6 Å². The molecule has 45 heavy (non-hydrogen) atoms. The lowest BCUT2D eigenvalue weighted by Crippen LogP contribution is -2.33. The lowest BCUT2D eigenvalue weighted by Gasteiger charge is -2.25. The molecule has 5 heteroatoms. The van der Waals surface area contributed by atoms with Gasteiger partial charge in [-0.25, -0.2) is 9.98 Å². The lowest BCUT2D eigenvalue weighted by atomic mass is 9.92. The van der Waals surface area contributed by atoms with Crippen LogP contribution in [0, 0.1) is 0 Å². The molecule has 1 aliphatic rings. The number of hydrogen-bond donors (Lipinski definition) is 1. The second-order valence-electron chi connectivity index (χ2n) is 11.3. The third kappa shape index (κ3) is 4.28. The highest BCUT2D eigenvalue weighted by Gasteiger charge is 2.23. The van der Waals surface area contributed by atoms with Crippen LogP contribution < -0.4 is 5.32 Å². The quantitative estimate of drug-likeness (QED) is 0.226. The van der Waals surface area contributed by atoms with Gasteiger partial charge >= 0.3 is 0 Å². The van der Waals surface area contributed by atoms with Crippen LogP contribution in [-0.2, 0) is 0 Å². The Morgan fingerprint density at radius 1 is 0.578 bits per heavy atom. The smallest absolute Gasteiger partial charge is 0.159 e. The maximum Gasteiger partial charge on any atom is 0.159 e. The standard InChI is InChI=1S/C40H26N4O/c1-3-10-25(11-4-1)38-42-39(26-12-5-2-6-13-26)44-40(43-38)33-18-8-14-29-30(15-7-16-31(29)33)32-17-9-19-35-37(32)34-22-28-24-41-21-20-27(28)23-36(34)45-35/h1-24,40H,(H,42,43,44). The number of fused-ring (bicyclic) bond motifs is 5. The number of aliphatic imine (C=N–C) groups is 2. The van der Waals surface area contributed by atoms with E-state index in [2.05, 4.69) is 101 Å². The van der Waals surface area contributed by atoms with Crippen LogP contribution >= 0.6 is 0 Å². The van der Waals surface area contributed by atoms with Crippen LogP contribution in [0.1, 0.15) is 22.9 Å². The summed E-state index contributed by atoms with van der Waals surface area (Å²) < 4.78 is 6.40. The number of nitrogens with one attached hydrogen (secondary N) is 1. The molecule has 0 fully saturated rings. The Morgan fingerprint density at radius 3 is 2.20 bits per heavy atom. The van der Waals surface area contributed by atoms with E-state index < -0.39 is 0 Å². The van der Waals surface area contributed by atoms with Crippen LogP contribution in [0.5, 0.6) is 0 Å². The zero-order chi connectivity index (χ0) is 29.7. The van der Waals surface area contributed by atoms with E-state index in [9.17, 15) is 0 Å². The maximum atomic E-state index is 6.40. The molecule has 0 saturated heterocycles. The molecule has 0 amide bonds. The Bertz CT molecular complexity index is 2460. The summed E-state index contributed by atoms with van der Waals surface area (Å²) in [7, 11) is 0. The van der Waals surface area contributed by atoms with Crippen molar-refractivity contribution >= 4 is 55.2 Å². The summed E-state index contributed by atoms with van der Waals surface area (Å²) in [6.07, 6.45) is 3.41. The Balaban J connectivity index is 1.23. The molecule has 212 valence electrons. The molecule has 9 rings (SSSR count). The van der Waals surface area contributed by atoms with E-state index in [4.69, 9.17) is 14.4 Å². The van der Waals surface area contributed by atoms with Crippen LogP contribution in [-0.4, -0.2) is 16.7 Å². The summed E-state index contributed by atoms with van der Waals surface area (Å²) in [5.74, 6) is 1.52. The lowest BCUT2D eigenvalue weighted by molar-refractivity contribution is 0.669. The molecule has 0 spiro atoms. The first-order valence-electron chi connectivity index (χ1n) is 15.0. The highest BCUT2D eigenvalue weighted by atomic mass is 16.3. The molecule has 1 N–H and O–H groups in total. The van der Waals surface area contributed by atoms with Gasteiger partial charge in [0.05, 0.1) is 0 Å².